The Balaban J connectivity index is 1.20. The van der Waals surface area contributed by atoms with Gasteiger partial charge in [0.1, 0.15) is 17.2 Å². The third-order valence-corrected chi connectivity index (χ3v) is 8.21. The average molecular weight is 590 g/mol. The molecule has 10 nitrogen and oxygen atoms in total. The number of para-hydroxylation sites is 1. The maximum Gasteiger partial charge on any atom is 0.410 e. The molecule has 3 aromatic rings. The molecule has 43 heavy (non-hydrogen) atoms. The largest absolute Gasteiger partial charge is 0.496 e. The van der Waals surface area contributed by atoms with Crippen molar-refractivity contribution < 1.29 is 14.3 Å². The smallest absolute Gasteiger partial charge is 0.410 e. The maximum absolute atomic E-state index is 12.5. The van der Waals surface area contributed by atoms with Crippen molar-refractivity contribution in [1.29, 1.82) is 0 Å². The third-order valence-electron chi connectivity index (χ3n) is 8.21. The summed E-state index contributed by atoms with van der Waals surface area (Å²) in [5.74, 6) is 2.74. The predicted octanol–water partition coefficient (Wildman–Crippen LogP) is 5.45. The van der Waals surface area contributed by atoms with Crippen LogP contribution in [0.1, 0.15) is 45.6 Å². The molecule has 0 saturated carbocycles. The number of anilines is 3. The minimum absolute atomic E-state index is 0.240. The molecule has 2 aliphatic heterocycles. The molecule has 0 bridgehead atoms. The minimum atomic E-state index is -0.489. The van der Waals surface area contributed by atoms with Crippen LogP contribution in [0, 0.1) is 5.92 Å². The van der Waals surface area contributed by atoms with E-state index in [4.69, 9.17) is 19.4 Å². The number of rotatable bonds is 9. The van der Waals surface area contributed by atoms with E-state index in [0.29, 0.717) is 37.5 Å². The number of methoxy groups -OCH3 is 1. The fraction of sp³-hybridized carbons (Fsp3) is 0.545. The average Bonchev–Trinajstić information content (AvgIpc) is 3.46. The second kappa shape index (κ2) is 13.2. The van der Waals surface area contributed by atoms with Gasteiger partial charge in [-0.1, -0.05) is 18.2 Å². The van der Waals surface area contributed by atoms with Crippen LogP contribution in [0.5, 0.6) is 5.75 Å². The first-order chi connectivity index (χ1) is 20.6. The molecule has 2 aliphatic rings. The zero-order valence-electron chi connectivity index (χ0n) is 26.5. The van der Waals surface area contributed by atoms with Gasteiger partial charge in [0.2, 0.25) is 5.95 Å². The Morgan fingerprint density at radius 2 is 1.79 bits per heavy atom. The molecular weight excluding hydrogens is 542 g/mol. The summed E-state index contributed by atoms with van der Waals surface area (Å²) in [6.07, 6.45) is 2.73. The number of piperidine rings is 1. The quantitative estimate of drug-likeness (QED) is 0.338. The first-order valence-electron chi connectivity index (χ1n) is 15.4. The van der Waals surface area contributed by atoms with Gasteiger partial charge in [-0.2, -0.15) is 4.98 Å². The third kappa shape index (κ3) is 7.79. The zero-order chi connectivity index (χ0) is 30.6. The lowest BCUT2D eigenvalue weighted by atomic mass is 10.0. The van der Waals surface area contributed by atoms with Gasteiger partial charge >= 0.3 is 6.09 Å². The summed E-state index contributed by atoms with van der Waals surface area (Å²) in [6, 6.07) is 14.7. The second-order valence-corrected chi connectivity index (χ2v) is 12.9. The molecule has 2 fully saturated rings. The highest BCUT2D eigenvalue weighted by Gasteiger charge is 2.30. The molecule has 5 rings (SSSR count). The van der Waals surface area contributed by atoms with Crippen LogP contribution in [-0.4, -0.2) is 91.4 Å². The number of ether oxygens (including phenoxy) is 2. The Morgan fingerprint density at radius 3 is 2.51 bits per heavy atom. The van der Waals surface area contributed by atoms with E-state index in [2.05, 4.69) is 52.7 Å². The van der Waals surface area contributed by atoms with Gasteiger partial charge < -0.3 is 29.9 Å². The van der Waals surface area contributed by atoms with E-state index in [1.807, 2.05) is 45.0 Å². The van der Waals surface area contributed by atoms with Crippen molar-refractivity contribution >= 4 is 34.4 Å². The van der Waals surface area contributed by atoms with E-state index < -0.39 is 5.60 Å². The summed E-state index contributed by atoms with van der Waals surface area (Å²) < 4.78 is 11.3. The van der Waals surface area contributed by atoms with Crippen LogP contribution in [0.2, 0.25) is 0 Å². The molecule has 0 aliphatic carbocycles. The number of hydrogen-bond donors (Lipinski definition) is 2. The molecule has 0 unspecified atom stereocenters. The summed E-state index contributed by atoms with van der Waals surface area (Å²) in [6.45, 7) is 10.6. The van der Waals surface area contributed by atoms with E-state index in [0.717, 1.165) is 61.4 Å². The number of likely N-dealkylation sites (tertiary alicyclic amines) is 2. The van der Waals surface area contributed by atoms with Gasteiger partial charge in [0.05, 0.1) is 12.6 Å². The molecule has 0 radical (unpaired) electrons. The van der Waals surface area contributed by atoms with Crippen LogP contribution < -0.4 is 20.3 Å². The Kier molecular flexibility index (Phi) is 9.44. The van der Waals surface area contributed by atoms with Gasteiger partial charge in [0.15, 0.2) is 0 Å². The Labute approximate surface area is 255 Å². The Hall–Kier alpha value is -3.79. The van der Waals surface area contributed by atoms with Crippen LogP contribution in [-0.2, 0) is 11.3 Å². The minimum Gasteiger partial charge on any atom is -0.496 e. The highest BCUT2D eigenvalue weighted by Crippen LogP contribution is 2.31. The maximum atomic E-state index is 12.5. The highest BCUT2D eigenvalue weighted by atomic mass is 16.6. The van der Waals surface area contributed by atoms with Gasteiger partial charge in [0.25, 0.3) is 0 Å². The standard InChI is InChI=1S/C33H47N7O3/c1-33(2,3)43-32(41)40-19-14-23(21-40)20-34-31-36-27-11-8-7-10-25(27)30(37-31)35-24-15-17-39(18-16-24)22-26-28(38(4)5)12-9-13-29(26)42-6/h7-13,23-24H,14-22H2,1-6H3,(H2,34,35,36,37)/t23-/m1/s1. The van der Waals surface area contributed by atoms with E-state index in [1.165, 1.54) is 11.3 Å². The molecule has 2 aromatic carbocycles. The number of carbonyl (C=O) groups is 1. The van der Waals surface area contributed by atoms with Gasteiger partial charge in [-0.3, -0.25) is 4.90 Å². The number of benzene rings is 2. The lowest BCUT2D eigenvalue weighted by molar-refractivity contribution is 0.0289. The van der Waals surface area contributed by atoms with E-state index in [1.54, 1.807) is 12.0 Å². The number of nitrogens with zero attached hydrogens (tertiary/aromatic N) is 5. The molecule has 10 heteroatoms. The van der Waals surface area contributed by atoms with Gasteiger partial charge in [-0.05, 0) is 70.2 Å². The van der Waals surface area contributed by atoms with Crippen molar-refractivity contribution in [2.45, 2.75) is 58.2 Å². The monoisotopic (exact) mass is 589 g/mol. The van der Waals surface area contributed by atoms with Crippen molar-refractivity contribution in [3.8, 4) is 5.75 Å². The predicted molar refractivity (Wildman–Crippen MR) is 173 cm³/mol. The Morgan fingerprint density at radius 1 is 1.02 bits per heavy atom. The van der Waals surface area contributed by atoms with Crippen LogP contribution in [0.4, 0.5) is 22.2 Å². The normalized spacial score (nSPS) is 18.1. The Bertz CT molecular complexity index is 1400. The summed E-state index contributed by atoms with van der Waals surface area (Å²) >= 11 is 0. The first kappa shape index (κ1) is 30.7. The number of nitrogens with one attached hydrogen (secondary N) is 2. The second-order valence-electron chi connectivity index (χ2n) is 12.9. The van der Waals surface area contributed by atoms with Gasteiger partial charge in [-0.25, -0.2) is 9.78 Å². The molecule has 1 amide bonds. The number of aromatic nitrogens is 2. The van der Waals surface area contributed by atoms with Crippen LogP contribution in [0.25, 0.3) is 10.9 Å². The van der Waals surface area contributed by atoms with E-state index >= 15 is 0 Å². The van der Waals surface area contributed by atoms with Crippen molar-refractivity contribution in [3.63, 3.8) is 0 Å². The number of carbonyl (C=O) groups excluding carboxylic acids is 1. The molecule has 0 spiro atoms. The lowest BCUT2D eigenvalue weighted by Gasteiger charge is -2.34. The van der Waals surface area contributed by atoms with E-state index in [-0.39, 0.29) is 6.09 Å². The number of fused-ring (bicyclic) bond motifs is 1. The van der Waals surface area contributed by atoms with Crippen LogP contribution in [0.3, 0.4) is 0 Å². The SMILES string of the molecule is COc1cccc(N(C)C)c1CN1CCC(Nc2nc(NC[C@H]3CCN(C(=O)OC(C)(C)C)C3)nc3ccccc23)CC1. The molecule has 3 heterocycles. The summed E-state index contributed by atoms with van der Waals surface area (Å²) in [5, 5.41) is 8.24. The van der Waals surface area contributed by atoms with Crippen molar-refractivity contribution in [2.24, 2.45) is 5.92 Å². The molecule has 232 valence electrons. The highest BCUT2D eigenvalue weighted by molar-refractivity contribution is 5.90. The van der Waals surface area contributed by atoms with Crippen molar-refractivity contribution in [3.05, 3.63) is 48.0 Å². The molecule has 2 saturated heterocycles. The summed E-state index contributed by atoms with van der Waals surface area (Å²) in [5.41, 5.74) is 2.85. The topological polar surface area (TPSA) is 95.1 Å². The van der Waals surface area contributed by atoms with Gasteiger partial charge in [-0.15, -0.1) is 0 Å². The fourth-order valence-electron chi connectivity index (χ4n) is 5.97. The molecular formula is C33H47N7O3. The number of hydrogen-bond acceptors (Lipinski definition) is 9. The first-order valence-corrected chi connectivity index (χ1v) is 15.4. The summed E-state index contributed by atoms with van der Waals surface area (Å²) in [4.78, 5) is 28.7. The molecule has 1 atom stereocenters. The molecule has 1 aromatic heterocycles. The van der Waals surface area contributed by atoms with Crippen LogP contribution in [0.15, 0.2) is 42.5 Å². The zero-order valence-corrected chi connectivity index (χ0v) is 26.5. The van der Waals surface area contributed by atoms with Crippen molar-refractivity contribution in [1.82, 2.24) is 19.8 Å². The fourth-order valence-corrected chi connectivity index (χ4v) is 5.97. The molecule has 2 N–H and O–H groups in total. The van der Waals surface area contributed by atoms with Crippen LogP contribution >= 0.6 is 0 Å². The van der Waals surface area contributed by atoms with E-state index in [9.17, 15) is 4.79 Å². The summed E-state index contributed by atoms with van der Waals surface area (Å²) in [7, 11) is 5.90. The number of amides is 1. The lowest BCUT2D eigenvalue weighted by Crippen LogP contribution is -2.39. The van der Waals surface area contributed by atoms with Crippen molar-refractivity contribution in [2.75, 3.05) is 69.5 Å². The van der Waals surface area contributed by atoms with Gasteiger partial charge in [0, 0.05) is 76.0 Å².